The molecule has 0 bridgehead atoms. The van der Waals surface area contributed by atoms with Crippen molar-refractivity contribution < 1.29 is 9.18 Å². The smallest absolute Gasteiger partial charge is 0.224 e. The number of nitrogens with one attached hydrogen (secondary N) is 1. The molecule has 0 aliphatic heterocycles. The number of carbonyl (C=O) groups is 1. The van der Waals surface area contributed by atoms with E-state index in [2.05, 4.69) is 29.6 Å². The van der Waals surface area contributed by atoms with E-state index in [-0.39, 0.29) is 24.2 Å². The molecule has 0 heterocycles. The molecule has 2 aromatic rings. The molecule has 0 saturated heterocycles. The molecular weight excluding hydrogens is 289 g/mol. The molecule has 23 heavy (non-hydrogen) atoms. The molecule has 1 fully saturated rings. The van der Waals surface area contributed by atoms with Crippen molar-refractivity contribution in [1.29, 1.82) is 0 Å². The van der Waals surface area contributed by atoms with E-state index < -0.39 is 0 Å². The Hall–Kier alpha value is -2.16. The van der Waals surface area contributed by atoms with Crippen LogP contribution in [0.15, 0.2) is 54.6 Å². The standard InChI is InChI=1S/C20H22FNO/c21-18-8-4-5-15(13-18)14-20(23)22-19-11-9-17(10-12-19)16-6-2-1-3-7-16/h1-8,13,17,19H,9-12,14H2,(H,22,23). The van der Waals surface area contributed by atoms with E-state index in [9.17, 15) is 9.18 Å². The van der Waals surface area contributed by atoms with Crippen LogP contribution in [-0.4, -0.2) is 11.9 Å². The average molecular weight is 311 g/mol. The van der Waals surface area contributed by atoms with Crippen LogP contribution in [0.2, 0.25) is 0 Å². The van der Waals surface area contributed by atoms with Crippen LogP contribution in [0, 0.1) is 5.82 Å². The summed E-state index contributed by atoms with van der Waals surface area (Å²) >= 11 is 0. The van der Waals surface area contributed by atoms with Crippen LogP contribution < -0.4 is 5.32 Å². The summed E-state index contributed by atoms with van der Waals surface area (Å²) in [7, 11) is 0. The number of hydrogen-bond acceptors (Lipinski definition) is 1. The lowest BCUT2D eigenvalue weighted by atomic mass is 9.82. The number of halogens is 1. The van der Waals surface area contributed by atoms with Crippen molar-refractivity contribution in [2.45, 2.75) is 44.1 Å². The van der Waals surface area contributed by atoms with Crippen LogP contribution in [-0.2, 0) is 11.2 Å². The maximum absolute atomic E-state index is 13.1. The number of hydrogen-bond donors (Lipinski definition) is 1. The van der Waals surface area contributed by atoms with Gasteiger partial charge in [0.25, 0.3) is 0 Å². The molecule has 120 valence electrons. The molecule has 1 aliphatic rings. The van der Waals surface area contributed by atoms with Crippen LogP contribution in [0.5, 0.6) is 0 Å². The van der Waals surface area contributed by atoms with E-state index in [4.69, 9.17) is 0 Å². The average Bonchev–Trinajstić information content (AvgIpc) is 2.56. The molecule has 1 N–H and O–H groups in total. The fraction of sp³-hybridized carbons (Fsp3) is 0.350. The van der Waals surface area contributed by atoms with Crippen molar-refractivity contribution in [3.63, 3.8) is 0 Å². The summed E-state index contributed by atoms with van der Waals surface area (Å²) < 4.78 is 13.1. The van der Waals surface area contributed by atoms with Crippen LogP contribution in [0.25, 0.3) is 0 Å². The molecule has 0 radical (unpaired) electrons. The Morgan fingerprint density at radius 3 is 2.43 bits per heavy atom. The summed E-state index contributed by atoms with van der Waals surface area (Å²) in [6.07, 6.45) is 4.48. The van der Waals surface area contributed by atoms with Gasteiger partial charge in [0.05, 0.1) is 6.42 Å². The zero-order valence-corrected chi connectivity index (χ0v) is 13.2. The Bertz CT molecular complexity index is 648. The third-order valence-electron chi connectivity index (χ3n) is 4.62. The highest BCUT2D eigenvalue weighted by Crippen LogP contribution is 2.32. The molecule has 0 atom stereocenters. The fourth-order valence-electron chi connectivity index (χ4n) is 3.41. The molecular formula is C20H22FNO. The summed E-state index contributed by atoms with van der Waals surface area (Å²) in [5, 5.41) is 3.10. The van der Waals surface area contributed by atoms with Gasteiger partial charge in [0, 0.05) is 6.04 Å². The van der Waals surface area contributed by atoms with Crippen molar-refractivity contribution in [3.05, 3.63) is 71.5 Å². The minimum Gasteiger partial charge on any atom is -0.353 e. The first-order valence-electron chi connectivity index (χ1n) is 8.29. The molecule has 2 aromatic carbocycles. The molecule has 1 saturated carbocycles. The van der Waals surface area contributed by atoms with E-state index in [0.29, 0.717) is 5.92 Å². The molecule has 3 rings (SSSR count). The minimum absolute atomic E-state index is 0.0150. The van der Waals surface area contributed by atoms with Gasteiger partial charge in [-0.2, -0.15) is 0 Å². The largest absolute Gasteiger partial charge is 0.353 e. The highest BCUT2D eigenvalue weighted by Gasteiger charge is 2.23. The van der Waals surface area contributed by atoms with Gasteiger partial charge in [-0.15, -0.1) is 0 Å². The van der Waals surface area contributed by atoms with Crippen LogP contribution >= 0.6 is 0 Å². The van der Waals surface area contributed by atoms with Crippen molar-refractivity contribution in [2.75, 3.05) is 0 Å². The van der Waals surface area contributed by atoms with Gasteiger partial charge < -0.3 is 5.32 Å². The third kappa shape index (κ3) is 4.41. The van der Waals surface area contributed by atoms with E-state index in [0.717, 1.165) is 31.2 Å². The number of benzene rings is 2. The van der Waals surface area contributed by atoms with Gasteiger partial charge in [0.15, 0.2) is 0 Å². The predicted molar refractivity (Wildman–Crippen MR) is 89.7 cm³/mol. The minimum atomic E-state index is -0.293. The van der Waals surface area contributed by atoms with Gasteiger partial charge in [-0.25, -0.2) is 4.39 Å². The monoisotopic (exact) mass is 311 g/mol. The third-order valence-corrected chi connectivity index (χ3v) is 4.62. The first kappa shape index (κ1) is 15.7. The topological polar surface area (TPSA) is 29.1 Å². The molecule has 1 aliphatic carbocycles. The molecule has 2 nitrogen and oxygen atoms in total. The SMILES string of the molecule is O=C(Cc1cccc(F)c1)NC1CCC(c2ccccc2)CC1. The Morgan fingerprint density at radius 2 is 1.74 bits per heavy atom. The van der Waals surface area contributed by atoms with Crippen LogP contribution in [0.1, 0.15) is 42.7 Å². The van der Waals surface area contributed by atoms with Gasteiger partial charge in [-0.3, -0.25) is 4.79 Å². The summed E-state index contributed by atoms with van der Waals surface area (Å²) in [5.41, 5.74) is 2.12. The Morgan fingerprint density at radius 1 is 1.00 bits per heavy atom. The van der Waals surface area contributed by atoms with Gasteiger partial charge in [-0.05, 0) is 54.9 Å². The zero-order valence-electron chi connectivity index (χ0n) is 13.2. The molecule has 0 unspecified atom stereocenters. The Labute approximate surface area is 136 Å². The van der Waals surface area contributed by atoms with Gasteiger partial charge >= 0.3 is 0 Å². The zero-order chi connectivity index (χ0) is 16.1. The summed E-state index contributed by atoms with van der Waals surface area (Å²) in [6, 6.07) is 17.1. The molecule has 0 spiro atoms. The van der Waals surface area contributed by atoms with E-state index in [1.807, 2.05) is 6.07 Å². The van der Waals surface area contributed by atoms with Gasteiger partial charge in [0.1, 0.15) is 5.82 Å². The van der Waals surface area contributed by atoms with Crippen molar-refractivity contribution in [3.8, 4) is 0 Å². The molecule has 0 aromatic heterocycles. The predicted octanol–water partition coefficient (Wildman–Crippen LogP) is 4.21. The summed E-state index contributed by atoms with van der Waals surface area (Å²) in [6.45, 7) is 0. The van der Waals surface area contributed by atoms with Crippen LogP contribution in [0.4, 0.5) is 4.39 Å². The normalized spacial score (nSPS) is 20.9. The van der Waals surface area contributed by atoms with E-state index >= 15 is 0 Å². The summed E-state index contributed by atoms with van der Waals surface area (Å²) in [5.74, 6) is 0.296. The first-order chi connectivity index (χ1) is 11.2. The maximum Gasteiger partial charge on any atom is 0.224 e. The lowest BCUT2D eigenvalue weighted by Crippen LogP contribution is -2.38. The van der Waals surface area contributed by atoms with Gasteiger partial charge in [-0.1, -0.05) is 42.5 Å². The second-order valence-electron chi connectivity index (χ2n) is 6.33. The second-order valence-corrected chi connectivity index (χ2v) is 6.33. The fourth-order valence-corrected chi connectivity index (χ4v) is 3.41. The lowest BCUT2D eigenvalue weighted by Gasteiger charge is -2.29. The Balaban J connectivity index is 1.48. The van der Waals surface area contributed by atoms with Crippen LogP contribution in [0.3, 0.4) is 0 Å². The number of rotatable bonds is 4. The quantitative estimate of drug-likeness (QED) is 0.900. The van der Waals surface area contributed by atoms with Crippen molar-refractivity contribution in [1.82, 2.24) is 5.32 Å². The highest BCUT2D eigenvalue weighted by atomic mass is 19.1. The lowest BCUT2D eigenvalue weighted by molar-refractivity contribution is -0.121. The first-order valence-corrected chi connectivity index (χ1v) is 8.29. The van der Waals surface area contributed by atoms with Crippen molar-refractivity contribution in [2.24, 2.45) is 0 Å². The molecule has 1 amide bonds. The highest BCUT2D eigenvalue weighted by molar-refractivity contribution is 5.78. The number of carbonyl (C=O) groups excluding carboxylic acids is 1. The van der Waals surface area contributed by atoms with E-state index in [1.165, 1.54) is 17.7 Å². The maximum atomic E-state index is 13.1. The molecule has 3 heteroatoms. The number of amides is 1. The van der Waals surface area contributed by atoms with E-state index in [1.54, 1.807) is 12.1 Å². The van der Waals surface area contributed by atoms with Crippen molar-refractivity contribution >= 4 is 5.91 Å². The second kappa shape index (κ2) is 7.40. The Kier molecular flexibility index (Phi) is 5.06. The summed E-state index contributed by atoms with van der Waals surface area (Å²) in [4.78, 5) is 12.1. The van der Waals surface area contributed by atoms with Gasteiger partial charge in [0.2, 0.25) is 5.91 Å².